The molecule has 1 N–H and O–H groups in total. The molecule has 3 rings (SSSR count). The maximum absolute atomic E-state index is 12.4. The minimum absolute atomic E-state index is 0.235. The SMILES string of the molecule is O=S(=O)(NN1C=CCN1c1ccccc1)c1ccccc1. The molecule has 0 saturated carbocycles. The summed E-state index contributed by atoms with van der Waals surface area (Å²) in [5.74, 6) is 0. The highest BCUT2D eigenvalue weighted by Crippen LogP contribution is 2.19. The molecule has 0 saturated heterocycles. The molecule has 108 valence electrons. The molecule has 1 aliphatic heterocycles. The van der Waals surface area contributed by atoms with Gasteiger partial charge in [0.25, 0.3) is 10.0 Å². The fourth-order valence-electron chi connectivity index (χ4n) is 2.10. The Morgan fingerprint density at radius 1 is 0.905 bits per heavy atom. The van der Waals surface area contributed by atoms with Gasteiger partial charge in [-0.2, -0.15) is 0 Å². The number of hydrogen-bond donors (Lipinski definition) is 1. The first-order chi connectivity index (χ1) is 10.2. The van der Waals surface area contributed by atoms with Gasteiger partial charge < -0.3 is 0 Å². The lowest BCUT2D eigenvalue weighted by atomic mass is 10.3. The maximum Gasteiger partial charge on any atom is 0.259 e. The van der Waals surface area contributed by atoms with E-state index in [0.717, 1.165) is 5.69 Å². The Balaban J connectivity index is 1.83. The van der Waals surface area contributed by atoms with Gasteiger partial charge in [-0.1, -0.05) is 36.4 Å². The van der Waals surface area contributed by atoms with Gasteiger partial charge in [-0.3, -0.25) is 5.01 Å². The largest absolute Gasteiger partial charge is 0.267 e. The second-order valence-corrected chi connectivity index (χ2v) is 6.22. The zero-order valence-corrected chi connectivity index (χ0v) is 12.1. The Labute approximate surface area is 124 Å². The van der Waals surface area contributed by atoms with Crippen molar-refractivity contribution in [3.05, 3.63) is 72.9 Å². The molecule has 2 aromatic rings. The second-order valence-electron chi connectivity index (χ2n) is 4.55. The molecular formula is C15H15N3O2S. The highest BCUT2D eigenvalue weighted by molar-refractivity contribution is 7.89. The Hall–Kier alpha value is -2.31. The number of anilines is 1. The lowest BCUT2D eigenvalue weighted by Gasteiger charge is -2.30. The monoisotopic (exact) mass is 301 g/mol. The van der Waals surface area contributed by atoms with Crippen LogP contribution in [0.2, 0.25) is 0 Å². The fraction of sp³-hybridized carbons (Fsp3) is 0.0667. The summed E-state index contributed by atoms with van der Waals surface area (Å²) in [6.45, 7) is 0.612. The van der Waals surface area contributed by atoms with Crippen LogP contribution in [-0.4, -0.2) is 20.1 Å². The molecular weight excluding hydrogens is 286 g/mol. The smallest absolute Gasteiger partial charge is 0.259 e. The third kappa shape index (κ3) is 2.91. The van der Waals surface area contributed by atoms with E-state index in [1.165, 1.54) is 5.12 Å². The molecule has 5 nitrogen and oxygen atoms in total. The first kappa shape index (κ1) is 13.7. The van der Waals surface area contributed by atoms with Gasteiger partial charge in [-0.05, 0) is 30.3 Å². The highest BCUT2D eigenvalue weighted by atomic mass is 32.2. The number of sulfonamides is 1. The number of nitrogens with zero attached hydrogens (tertiary/aromatic N) is 2. The van der Waals surface area contributed by atoms with Crippen molar-refractivity contribution in [2.75, 3.05) is 11.6 Å². The Morgan fingerprint density at radius 3 is 2.19 bits per heavy atom. The van der Waals surface area contributed by atoms with E-state index >= 15 is 0 Å². The summed E-state index contributed by atoms with van der Waals surface area (Å²) in [5.41, 5.74) is 0.915. The maximum atomic E-state index is 12.4. The van der Waals surface area contributed by atoms with Crippen molar-refractivity contribution in [1.82, 2.24) is 9.95 Å². The summed E-state index contributed by atoms with van der Waals surface area (Å²) < 4.78 is 24.7. The molecule has 1 aliphatic rings. The van der Waals surface area contributed by atoms with Crippen LogP contribution in [0.25, 0.3) is 0 Å². The predicted octanol–water partition coefficient (Wildman–Crippen LogP) is 2.13. The standard InChI is InChI=1S/C15H15N3O2S/c19-21(20,15-10-5-2-6-11-15)16-18-13-7-12-17(18)14-8-3-1-4-9-14/h1-11,13,16H,12H2. The van der Waals surface area contributed by atoms with Crippen LogP contribution in [0.1, 0.15) is 0 Å². The summed E-state index contributed by atoms with van der Waals surface area (Å²) in [6, 6.07) is 17.9. The molecule has 0 fully saturated rings. The molecule has 6 heteroatoms. The van der Waals surface area contributed by atoms with Crippen molar-refractivity contribution < 1.29 is 8.42 Å². The third-order valence-corrected chi connectivity index (χ3v) is 4.43. The fourth-order valence-corrected chi connectivity index (χ4v) is 3.13. The van der Waals surface area contributed by atoms with Crippen LogP contribution >= 0.6 is 0 Å². The second kappa shape index (κ2) is 5.59. The van der Waals surface area contributed by atoms with Gasteiger partial charge in [0.15, 0.2) is 0 Å². The lowest BCUT2D eigenvalue weighted by molar-refractivity contribution is 0.335. The van der Waals surface area contributed by atoms with Crippen molar-refractivity contribution in [1.29, 1.82) is 0 Å². The van der Waals surface area contributed by atoms with Crippen LogP contribution in [0.4, 0.5) is 5.69 Å². The number of rotatable bonds is 4. The molecule has 0 amide bonds. The van der Waals surface area contributed by atoms with Crippen LogP contribution in [-0.2, 0) is 10.0 Å². The molecule has 2 aromatic carbocycles. The van der Waals surface area contributed by atoms with Crippen molar-refractivity contribution in [2.45, 2.75) is 4.90 Å². The molecule has 21 heavy (non-hydrogen) atoms. The van der Waals surface area contributed by atoms with Crippen molar-refractivity contribution in [3.63, 3.8) is 0 Å². The van der Waals surface area contributed by atoms with E-state index in [-0.39, 0.29) is 4.90 Å². The molecule has 0 radical (unpaired) electrons. The minimum Gasteiger partial charge on any atom is -0.267 e. The van der Waals surface area contributed by atoms with Crippen molar-refractivity contribution in [3.8, 4) is 0 Å². The van der Waals surface area contributed by atoms with E-state index in [2.05, 4.69) is 4.83 Å². The third-order valence-electron chi connectivity index (χ3n) is 3.11. The quantitative estimate of drug-likeness (QED) is 0.940. The van der Waals surface area contributed by atoms with E-state index in [0.29, 0.717) is 6.54 Å². The normalized spacial score (nSPS) is 14.7. The zero-order chi connectivity index (χ0) is 14.7. The summed E-state index contributed by atoms with van der Waals surface area (Å²) >= 11 is 0. The number of nitrogens with one attached hydrogen (secondary N) is 1. The molecule has 0 unspecified atom stereocenters. The molecule has 0 aromatic heterocycles. The topological polar surface area (TPSA) is 52.7 Å². The van der Waals surface area contributed by atoms with E-state index in [9.17, 15) is 8.42 Å². The van der Waals surface area contributed by atoms with Crippen LogP contribution in [0.15, 0.2) is 77.8 Å². The summed E-state index contributed by atoms with van der Waals surface area (Å²) in [5, 5.41) is 3.32. The van der Waals surface area contributed by atoms with Crippen LogP contribution < -0.4 is 9.84 Å². The molecule has 1 heterocycles. The van der Waals surface area contributed by atoms with Crippen molar-refractivity contribution in [2.24, 2.45) is 0 Å². The van der Waals surface area contributed by atoms with E-state index in [1.54, 1.807) is 36.5 Å². The summed E-state index contributed by atoms with van der Waals surface area (Å²) in [7, 11) is -3.60. The lowest BCUT2D eigenvalue weighted by Crippen LogP contribution is -2.47. The number of hydrazine groups is 2. The van der Waals surface area contributed by atoms with E-state index < -0.39 is 10.0 Å². The van der Waals surface area contributed by atoms with Gasteiger partial charge in [0.1, 0.15) is 0 Å². The van der Waals surface area contributed by atoms with Gasteiger partial charge in [-0.25, -0.2) is 13.5 Å². The van der Waals surface area contributed by atoms with Crippen molar-refractivity contribution >= 4 is 15.7 Å². The Bertz CT molecular complexity index is 730. The van der Waals surface area contributed by atoms with Gasteiger partial charge >= 0.3 is 0 Å². The van der Waals surface area contributed by atoms with E-state index in [1.807, 2.05) is 41.4 Å². The van der Waals surface area contributed by atoms with Gasteiger partial charge in [0.2, 0.25) is 0 Å². The van der Waals surface area contributed by atoms with Gasteiger partial charge in [-0.15, -0.1) is 4.83 Å². The molecule has 0 atom stereocenters. The number of benzene rings is 2. The molecule has 0 aliphatic carbocycles. The molecule has 0 bridgehead atoms. The highest BCUT2D eigenvalue weighted by Gasteiger charge is 2.23. The van der Waals surface area contributed by atoms with Gasteiger partial charge in [0, 0.05) is 6.20 Å². The average molecular weight is 301 g/mol. The first-order valence-electron chi connectivity index (χ1n) is 6.53. The average Bonchev–Trinajstić information content (AvgIpc) is 2.96. The molecule has 0 spiro atoms. The Morgan fingerprint density at radius 2 is 1.52 bits per heavy atom. The van der Waals surface area contributed by atoms with Crippen LogP contribution in [0.5, 0.6) is 0 Å². The zero-order valence-electron chi connectivity index (χ0n) is 11.3. The predicted molar refractivity (Wildman–Crippen MR) is 81.5 cm³/mol. The first-order valence-corrected chi connectivity index (χ1v) is 8.01. The Kier molecular flexibility index (Phi) is 3.64. The number of para-hydroxylation sites is 1. The van der Waals surface area contributed by atoms with E-state index in [4.69, 9.17) is 0 Å². The van der Waals surface area contributed by atoms with Gasteiger partial charge in [0.05, 0.1) is 17.1 Å². The summed E-state index contributed by atoms with van der Waals surface area (Å²) in [4.78, 5) is 2.80. The van der Waals surface area contributed by atoms with Crippen LogP contribution in [0.3, 0.4) is 0 Å². The minimum atomic E-state index is -3.60. The van der Waals surface area contributed by atoms with Crippen LogP contribution in [0, 0.1) is 0 Å². The summed E-state index contributed by atoms with van der Waals surface area (Å²) in [6.07, 6.45) is 3.59. The number of hydrogen-bond acceptors (Lipinski definition) is 4.